The van der Waals surface area contributed by atoms with Crippen LogP contribution in [0.25, 0.3) is 11.1 Å². The number of benzene rings is 3. The summed E-state index contributed by atoms with van der Waals surface area (Å²) in [4.78, 5) is 10.3. The molecule has 3 aromatic carbocycles. The molecule has 0 unspecified atom stereocenters. The molecule has 3 aromatic rings. The van der Waals surface area contributed by atoms with Crippen molar-refractivity contribution in [1.82, 2.24) is 9.62 Å². The van der Waals surface area contributed by atoms with E-state index < -0.39 is 38.7 Å². The Morgan fingerprint density at radius 3 is 2.19 bits per heavy atom. The average molecular weight is 621 g/mol. The van der Waals surface area contributed by atoms with E-state index in [4.69, 9.17) is 5.11 Å². The number of aliphatic hydroxyl groups excluding tert-OH is 1. The minimum atomic E-state index is -4.77. The van der Waals surface area contributed by atoms with Crippen LogP contribution in [0.4, 0.5) is 13.2 Å². The van der Waals surface area contributed by atoms with Gasteiger partial charge in [-0.15, -0.1) is 0 Å². The molecule has 0 aliphatic heterocycles. The Hall–Kier alpha value is -3.25. The number of alkyl halides is 3. The van der Waals surface area contributed by atoms with Crippen molar-refractivity contribution in [3.63, 3.8) is 0 Å². The fourth-order valence-corrected chi connectivity index (χ4v) is 6.19. The summed E-state index contributed by atoms with van der Waals surface area (Å²) >= 11 is 0. The Kier molecular flexibility index (Phi) is 11.5. The third-order valence-corrected chi connectivity index (χ3v) is 9.15. The monoisotopic (exact) mass is 620 g/mol. The quantitative estimate of drug-likeness (QED) is 0.200. The first-order chi connectivity index (χ1) is 20.1. The normalized spacial score (nSPS) is 13.3. The largest absolute Gasteiger partial charge is 0.481 e. The topological polar surface area (TPSA) is 107 Å². The summed E-state index contributed by atoms with van der Waals surface area (Å²) in [6, 6.07) is 19.0. The number of nitrogens with zero attached hydrogens (tertiary/aromatic N) is 1. The van der Waals surface area contributed by atoms with Gasteiger partial charge in [-0.25, -0.2) is 8.42 Å². The Balaban J connectivity index is 1.73. The second-order valence-electron chi connectivity index (χ2n) is 11.3. The lowest BCUT2D eigenvalue weighted by Crippen LogP contribution is -2.46. The van der Waals surface area contributed by atoms with Gasteiger partial charge in [-0.3, -0.25) is 4.79 Å². The van der Waals surface area contributed by atoms with Crippen molar-refractivity contribution < 1.29 is 36.6 Å². The first-order valence-electron chi connectivity index (χ1n) is 14.0. The van der Waals surface area contributed by atoms with E-state index in [0.717, 1.165) is 35.7 Å². The maximum Gasteiger partial charge on any atom is 0.416 e. The number of rotatable bonds is 15. The molecule has 11 heteroatoms. The molecule has 0 aromatic heterocycles. The van der Waals surface area contributed by atoms with Crippen LogP contribution in [0.5, 0.6) is 0 Å². The average Bonchev–Trinajstić information content (AvgIpc) is 2.95. The van der Waals surface area contributed by atoms with Crippen molar-refractivity contribution in [2.24, 2.45) is 0 Å². The van der Waals surface area contributed by atoms with Crippen molar-refractivity contribution in [2.75, 3.05) is 20.1 Å². The van der Waals surface area contributed by atoms with Gasteiger partial charge in [-0.2, -0.15) is 17.5 Å². The maximum atomic E-state index is 13.6. The molecular weight excluding hydrogens is 581 g/mol. The van der Waals surface area contributed by atoms with Crippen LogP contribution in [0, 0.1) is 0 Å². The highest BCUT2D eigenvalue weighted by atomic mass is 32.2. The summed E-state index contributed by atoms with van der Waals surface area (Å²) in [6.07, 6.45) is -3.09. The Bertz CT molecular complexity index is 1460. The highest BCUT2D eigenvalue weighted by molar-refractivity contribution is 7.89. The molecule has 7 nitrogen and oxygen atoms in total. The predicted octanol–water partition coefficient (Wildman–Crippen LogP) is 5.76. The zero-order chi connectivity index (χ0) is 31.8. The van der Waals surface area contributed by atoms with E-state index in [9.17, 15) is 31.5 Å². The number of aliphatic hydroxyl groups is 1. The van der Waals surface area contributed by atoms with Crippen molar-refractivity contribution in [1.29, 1.82) is 0 Å². The van der Waals surface area contributed by atoms with Crippen LogP contribution in [0.2, 0.25) is 0 Å². The summed E-state index contributed by atoms with van der Waals surface area (Å²) < 4.78 is 68.9. The van der Waals surface area contributed by atoms with Crippen LogP contribution in [0.15, 0.2) is 77.7 Å². The minimum absolute atomic E-state index is 0.0665. The van der Waals surface area contributed by atoms with Gasteiger partial charge >= 0.3 is 12.1 Å². The molecule has 43 heavy (non-hydrogen) atoms. The summed E-state index contributed by atoms with van der Waals surface area (Å²) in [5.74, 6) is -0.966. The Labute approximate surface area is 251 Å². The lowest BCUT2D eigenvalue weighted by molar-refractivity contribution is -0.138. The molecular formula is C32H39F3N2O5S. The molecule has 0 amide bonds. The summed E-state index contributed by atoms with van der Waals surface area (Å²) in [6.45, 7) is 3.74. The van der Waals surface area contributed by atoms with Gasteiger partial charge in [0.1, 0.15) is 0 Å². The molecule has 1 atom stereocenters. The van der Waals surface area contributed by atoms with Crippen LogP contribution < -0.4 is 5.32 Å². The van der Waals surface area contributed by atoms with Crippen LogP contribution in [0.3, 0.4) is 0 Å². The van der Waals surface area contributed by atoms with Crippen LogP contribution in [-0.2, 0) is 33.8 Å². The molecule has 0 saturated heterocycles. The first-order valence-corrected chi connectivity index (χ1v) is 15.5. The zero-order valence-corrected chi connectivity index (χ0v) is 25.4. The lowest BCUT2D eigenvalue weighted by Gasteiger charge is -2.29. The van der Waals surface area contributed by atoms with Crippen molar-refractivity contribution in [2.45, 2.75) is 68.7 Å². The van der Waals surface area contributed by atoms with Gasteiger partial charge in [0.2, 0.25) is 10.0 Å². The summed E-state index contributed by atoms with van der Waals surface area (Å²) in [5, 5.41) is 22.9. The van der Waals surface area contributed by atoms with E-state index in [1.807, 2.05) is 32.0 Å². The molecule has 3 rings (SSSR count). The van der Waals surface area contributed by atoms with Crippen LogP contribution in [-0.4, -0.2) is 60.7 Å². The van der Waals surface area contributed by atoms with Gasteiger partial charge in [0, 0.05) is 37.7 Å². The number of β-amino-alcohol motifs (C(OH)–C–C–N with tert-alkyl or cyclic N) is 1. The third kappa shape index (κ3) is 10.2. The summed E-state index contributed by atoms with van der Waals surface area (Å²) in [7, 11) is -3.23. The first kappa shape index (κ1) is 34.2. The van der Waals surface area contributed by atoms with Gasteiger partial charge in [0.05, 0.1) is 16.6 Å². The highest BCUT2D eigenvalue weighted by Crippen LogP contribution is 2.36. The number of carbonyl (C=O) groups is 1. The fraction of sp³-hybridized carbons (Fsp3) is 0.406. The van der Waals surface area contributed by atoms with E-state index >= 15 is 0 Å². The number of aryl methyl sites for hydroxylation is 2. The maximum absolute atomic E-state index is 13.6. The van der Waals surface area contributed by atoms with Gasteiger partial charge < -0.3 is 15.5 Å². The van der Waals surface area contributed by atoms with E-state index in [0.29, 0.717) is 17.2 Å². The molecule has 0 aliphatic carbocycles. The second-order valence-corrected chi connectivity index (χ2v) is 13.4. The molecule has 234 valence electrons. The van der Waals surface area contributed by atoms with Gasteiger partial charge in [-0.1, -0.05) is 60.7 Å². The number of likely N-dealkylation sites (N-methyl/N-ethyl adjacent to an activating group) is 1. The Morgan fingerprint density at radius 1 is 0.953 bits per heavy atom. The molecule has 0 radical (unpaired) electrons. The van der Waals surface area contributed by atoms with E-state index in [1.54, 1.807) is 24.3 Å². The highest BCUT2D eigenvalue weighted by Gasteiger charge is 2.34. The number of nitrogens with one attached hydrogen (secondary N) is 1. The molecule has 0 saturated carbocycles. The molecule has 0 aliphatic rings. The van der Waals surface area contributed by atoms with E-state index in [2.05, 4.69) is 17.4 Å². The number of carboxylic acids is 1. The van der Waals surface area contributed by atoms with Gasteiger partial charge in [-0.05, 0) is 68.4 Å². The van der Waals surface area contributed by atoms with Crippen molar-refractivity contribution in [3.8, 4) is 11.1 Å². The SMILES string of the molecule is CN(C[C@H](O)CNC(C)(C)CCCc1ccccc1)S(=O)(=O)c1cc(C(F)(F)F)ccc1-c1ccc(CCC(=O)O)cc1. The summed E-state index contributed by atoms with van der Waals surface area (Å²) in [5.41, 5.74) is 0.904. The Morgan fingerprint density at radius 2 is 1.58 bits per heavy atom. The fourth-order valence-electron chi connectivity index (χ4n) is 4.74. The van der Waals surface area contributed by atoms with Crippen LogP contribution in [0.1, 0.15) is 49.8 Å². The molecule has 0 spiro atoms. The van der Waals surface area contributed by atoms with E-state index in [1.165, 1.54) is 12.6 Å². The zero-order valence-electron chi connectivity index (χ0n) is 24.6. The standard InChI is InChI=1S/C32H39F3N2O5S/c1-31(2,19-7-10-23-8-5-4-6-9-23)36-21-27(38)22-37(3)43(41,42)29-20-26(32(33,34)35)16-17-28(29)25-14-11-24(12-15-25)13-18-30(39)40/h4-6,8-9,11-12,14-17,20,27,36,38H,7,10,13,18-19,21-22H2,1-3H3,(H,39,40)/t27-/m1/s1. The molecule has 0 heterocycles. The van der Waals surface area contributed by atoms with E-state index in [-0.39, 0.29) is 37.0 Å². The predicted molar refractivity (Wildman–Crippen MR) is 160 cm³/mol. The van der Waals surface area contributed by atoms with Crippen molar-refractivity contribution in [3.05, 3.63) is 89.5 Å². The lowest BCUT2D eigenvalue weighted by atomic mass is 9.95. The third-order valence-electron chi connectivity index (χ3n) is 7.28. The second kappa shape index (κ2) is 14.5. The minimum Gasteiger partial charge on any atom is -0.481 e. The molecule has 3 N–H and O–H groups in total. The number of sulfonamides is 1. The van der Waals surface area contributed by atoms with Crippen molar-refractivity contribution >= 4 is 16.0 Å². The molecule has 0 bridgehead atoms. The molecule has 0 fully saturated rings. The number of hydrogen-bond donors (Lipinski definition) is 3. The number of halogens is 3. The van der Waals surface area contributed by atoms with Gasteiger partial charge in [0.15, 0.2) is 0 Å². The van der Waals surface area contributed by atoms with Gasteiger partial charge in [0.25, 0.3) is 0 Å². The number of hydrogen-bond acceptors (Lipinski definition) is 5. The smallest absolute Gasteiger partial charge is 0.416 e. The number of aliphatic carboxylic acids is 1. The van der Waals surface area contributed by atoms with Crippen LogP contribution >= 0.6 is 0 Å². The number of carboxylic acid groups (broad SMARTS) is 1.